The highest BCUT2D eigenvalue weighted by molar-refractivity contribution is 7.92. The second-order valence-electron chi connectivity index (χ2n) is 6.79. The molecule has 144 valence electrons. The van der Waals surface area contributed by atoms with Crippen molar-refractivity contribution >= 4 is 33.5 Å². The van der Waals surface area contributed by atoms with E-state index in [2.05, 4.69) is 14.7 Å². The molecule has 28 heavy (non-hydrogen) atoms. The van der Waals surface area contributed by atoms with Crippen molar-refractivity contribution in [2.24, 2.45) is 11.8 Å². The zero-order valence-corrected chi connectivity index (χ0v) is 15.9. The zero-order valence-electron chi connectivity index (χ0n) is 15.1. The fourth-order valence-electron chi connectivity index (χ4n) is 3.51. The molecule has 1 fully saturated rings. The number of nitrogens with one attached hydrogen (secondary N) is 1. The largest absolute Gasteiger partial charge is 0.274 e. The van der Waals surface area contributed by atoms with Gasteiger partial charge in [-0.05, 0) is 50.1 Å². The predicted octanol–water partition coefficient (Wildman–Crippen LogP) is 2.04. The van der Waals surface area contributed by atoms with Gasteiger partial charge in [-0.25, -0.2) is 23.1 Å². The summed E-state index contributed by atoms with van der Waals surface area (Å²) in [5, 5.41) is 0. The summed E-state index contributed by atoms with van der Waals surface area (Å²) in [5.41, 5.74) is 1.00. The quantitative estimate of drug-likeness (QED) is 0.623. The van der Waals surface area contributed by atoms with Crippen LogP contribution in [0.2, 0.25) is 0 Å². The average molecular weight is 398 g/mol. The molecule has 2 aromatic rings. The number of nitrogens with zero attached hydrogens (tertiary/aromatic N) is 3. The van der Waals surface area contributed by atoms with Gasteiger partial charge < -0.3 is 0 Å². The molecule has 8 nitrogen and oxygen atoms in total. The summed E-state index contributed by atoms with van der Waals surface area (Å²) in [6, 6.07) is 7.30. The van der Waals surface area contributed by atoms with Crippen LogP contribution in [0.25, 0.3) is 0 Å². The Kier molecular flexibility index (Phi) is 4.46. The van der Waals surface area contributed by atoms with Crippen molar-refractivity contribution in [3.8, 4) is 0 Å². The number of fused-ring (bicyclic) bond motifs is 1. The minimum atomic E-state index is -3.89. The van der Waals surface area contributed by atoms with Crippen LogP contribution in [0.3, 0.4) is 0 Å². The first-order valence-electron chi connectivity index (χ1n) is 8.82. The normalized spacial score (nSPS) is 21.7. The number of amides is 2. The molecule has 0 radical (unpaired) electrons. The maximum absolute atomic E-state index is 12.6. The highest BCUT2D eigenvalue weighted by Crippen LogP contribution is 2.37. The van der Waals surface area contributed by atoms with Gasteiger partial charge in [0.2, 0.25) is 17.8 Å². The van der Waals surface area contributed by atoms with Crippen molar-refractivity contribution in [3.05, 3.63) is 54.4 Å². The number of hydrogen-bond donors (Lipinski definition) is 1. The van der Waals surface area contributed by atoms with Crippen molar-refractivity contribution in [1.29, 1.82) is 0 Å². The fraction of sp³-hybridized carbons (Fsp3) is 0.263. The number of anilines is 2. The van der Waals surface area contributed by atoms with Crippen LogP contribution >= 0.6 is 0 Å². The van der Waals surface area contributed by atoms with E-state index in [1.807, 2.05) is 12.2 Å². The summed E-state index contributed by atoms with van der Waals surface area (Å²) in [6.45, 7) is 1.73. The number of imide groups is 1. The van der Waals surface area contributed by atoms with E-state index in [1.165, 1.54) is 30.5 Å². The molecule has 1 aliphatic heterocycles. The van der Waals surface area contributed by atoms with Gasteiger partial charge in [0.05, 0.1) is 22.4 Å². The van der Waals surface area contributed by atoms with Gasteiger partial charge in [-0.15, -0.1) is 0 Å². The summed E-state index contributed by atoms with van der Waals surface area (Å²) in [5.74, 6) is -1.16. The number of allylic oxidation sites excluding steroid dienone is 2. The van der Waals surface area contributed by atoms with Gasteiger partial charge in [0.15, 0.2) is 0 Å². The second kappa shape index (κ2) is 6.83. The predicted molar refractivity (Wildman–Crippen MR) is 102 cm³/mol. The summed E-state index contributed by atoms with van der Waals surface area (Å²) < 4.78 is 27.4. The smallest absolute Gasteiger partial charge is 0.264 e. The van der Waals surface area contributed by atoms with Crippen molar-refractivity contribution in [1.82, 2.24) is 9.97 Å². The first-order valence-corrected chi connectivity index (χ1v) is 10.3. The Morgan fingerprint density at radius 1 is 1.00 bits per heavy atom. The Balaban J connectivity index is 1.57. The summed E-state index contributed by atoms with van der Waals surface area (Å²) >= 11 is 0. The maximum Gasteiger partial charge on any atom is 0.264 e. The van der Waals surface area contributed by atoms with Crippen LogP contribution in [-0.2, 0) is 19.6 Å². The minimum absolute atomic E-state index is 0.0143. The van der Waals surface area contributed by atoms with Gasteiger partial charge in [0.1, 0.15) is 0 Å². The SMILES string of the molecule is Cc1ccnc(NS(=O)(=O)c2ccc(N3C(=O)[C@H]4CC=CC[C@H]4C3=O)cc2)n1. The molecular formula is C19H18N4O4S. The van der Waals surface area contributed by atoms with Crippen LogP contribution in [0.1, 0.15) is 18.5 Å². The lowest BCUT2D eigenvalue weighted by Crippen LogP contribution is -2.30. The number of aromatic nitrogens is 2. The Morgan fingerprint density at radius 3 is 2.18 bits per heavy atom. The summed E-state index contributed by atoms with van der Waals surface area (Å²) in [6.07, 6.45) is 6.41. The number of benzene rings is 1. The van der Waals surface area contributed by atoms with E-state index in [0.29, 0.717) is 24.2 Å². The minimum Gasteiger partial charge on any atom is -0.274 e. The molecule has 1 N–H and O–H groups in total. The Hall–Kier alpha value is -3.07. The number of carbonyl (C=O) groups excluding carboxylic acids is 2. The first-order chi connectivity index (χ1) is 13.4. The topological polar surface area (TPSA) is 109 Å². The second-order valence-corrected chi connectivity index (χ2v) is 8.47. The molecule has 0 saturated carbocycles. The molecule has 2 aliphatic rings. The lowest BCUT2D eigenvalue weighted by molar-refractivity contribution is -0.122. The molecular weight excluding hydrogens is 380 g/mol. The molecule has 4 rings (SSSR count). The van der Waals surface area contributed by atoms with E-state index >= 15 is 0 Å². The molecule has 0 spiro atoms. The molecule has 2 amide bonds. The fourth-order valence-corrected chi connectivity index (χ4v) is 4.46. The molecule has 9 heteroatoms. The van der Waals surface area contributed by atoms with E-state index in [-0.39, 0.29) is 34.5 Å². The van der Waals surface area contributed by atoms with Crippen LogP contribution in [0.5, 0.6) is 0 Å². The monoisotopic (exact) mass is 398 g/mol. The number of carbonyl (C=O) groups is 2. The molecule has 1 aromatic heterocycles. The number of hydrogen-bond acceptors (Lipinski definition) is 6. The maximum atomic E-state index is 12.6. The highest BCUT2D eigenvalue weighted by atomic mass is 32.2. The first kappa shape index (κ1) is 18.3. The third-order valence-corrected chi connectivity index (χ3v) is 6.28. The average Bonchev–Trinajstić information content (AvgIpc) is 2.93. The van der Waals surface area contributed by atoms with Crippen molar-refractivity contribution in [2.45, 2.75) is 24.7 Å². The van der Waals surface area contributed by atoms with Crippen molar-refractivity contribution in [3.63, 3.8) is 0 Å². The number of aryl methyl sites for hydroxylation is 1. The standard InChI is InChI=1S/C19H18N4O4S/c1-12-10-11-20-19(21-12)22-28(26,27)14-8-6-13(7-9-14)23-17(24)15-4-2-3-5-16(15)18(23)25/h2-3,6-11,15-16H,4-5H2,1H3,(H,20,21,22)/t15-,16+. The lowest BCUT2D eigenvalue weighted by atomic mass is 9.85. The molecule has 1 saturated heterocycles. The van der Waals surface area contributed by atoms with Crippen molar-refractivity contribution < 1.29 is 18.0 Å². The van der Waals surface area contributed by atoms with E-state index in [9.17, 15) is 18.0 Å². The van der Waals surface area contributed by atoms with Crippen LogP contribution in [0.15, 0.2) is 53.6 Å². The van der Waals surface area contributed by atoms with Gasteiger partial charge in [-0.3, -0.25) is 14.5 Å². The Morgan fingerprint density at radius 2 is 1.61 bits per heavy atom. The van der Waals surface area contributed by atoms with E-state index in [1.54, 1.807) is 13.0 Å². The van der Waals surface area contributed by atoms with Gasteiger partial charge in [0, 0.05) is 11.9 Å². The van der Waals surface area contributed by atoms with E-state index < -0.39 is 10.0 Å². The molecule has 0 unspecified atom stereocenters. The Labute approximate surface area is 162 Å². The van der Waals surface area contributed by atoms with Crippen LogP contribution in [0, 0.1) is 18.8 Å². The molecule has 0 bridgehead atoms. The molecule has 2 heterocycles. The van der Waals surface area contributed by atoms with Gasteiger partial charge in [-0.1, -0.05) is 12.2 Å². The molecule has 1 aliphatic carbocycles. The number of rotatable bonds is 4. The van der Waals surface area contributed by atoms with Crippen LogP contribution in [0.4, 0.5) is 11.6 Å². The lowest BCUT2D eigenvalue weighted by Gasteiger charge is -2.15. The molecule has 2 atom stereocenters. The van der Waals surface area contributed by atoms with E-state index in [4.69, 9.17) is 0 Å². The Bertz CT molecular complexity index is 1050. The van der Waals surface area contributed by atoms with Crippen molar-refractivity contribution in [2.75, 3.05) is 9.62 Å². The summed E-state index contributed by atoms with van der Waals surface area (Å²) in [7, 11) is -3.89. The van der Waals surface area contributed by atoms with Crippen LogP contribution < -0.4 is 9.62 Å². The molecule has 1 aromatic carbocycles. The number of sulfonamides is 1. The third kappa shape index (κ3) is 3.18. The zero-order chi connectivity index (χ0) is 19.9. The van der Waals surface area contributed by atoms with Gasteiger partial charge in [0.25, 0.3) is 10.0 Å². The highest BCUT2D eigenvalue weighted by Gasteiger charge is 2.47. The summed E-state index contributed by atoms with van der Waals surface area (Å²) in [4.78, 5) is 34.3. The van der Waals surface area contributed by atoms with Crippen LogP contribution in [-0.4, -0.2) is 30.2 Å². The third-order valence-electron chi connectivity index (χ3n) is 4.93. The van der Waals surface area contributed by atoms with Gasteiger partial charge in [-0.2, -0.15) is 0 Å². The van der Waals surface area contributed by atoms with E-state index in [0.717, 1.165) is 4.90 Å². The van der Waals surface area contributed by atoms with Gasteiger partial charge >= 0.3 is 0 Å².